The third-order valence-electron chi connectivity index (χ3n) is 3.37. The number of piperazine rings is 1. The van der Waals surface area contributed by atoms with E-state index >= 15 is 0 Å². The zero-order valence-corrected chi connectivity index (χ0v) is 11.6. The van der Waals surface area contributed by atoms with Gasteiger partial charge in [0.2, 0.25) is 0 Å². The number of H-pyrrole nitrogens is 1. The van der Waals surface area contributed by atoms with Crippen LogP contribution in [0.15, 0.2) is 6.07 Å². The summed E-state index contributed by atoms with van der Waals surface area (Å²) in [5.41, 5.74) is 1.50. The summed E-state index contributed by atoms with van der Waals surface area (Å²) >= 11 is 0. The molecule has 2 N–H and O–H groups in total. The number of amides is 1. The second-order valence-corrected chi connectivity index (χ2v) is 5.97. The molecule has 5 heteroatoms. The fraction of sp³-hybridized carbons (Fsp3) is 0.692. The van der Waals surface area contributed by atoms with E-state index in [0.717, 1.165) is 25.3 Å². The van der Waals surface area contributed by atoms with Gasteiger partial charge in [0, 0.05) is 36.8 Å². The largest absolute Gasteiger partial charge is 0.332 e. The smallest absolute Gasteiger partial charge is 0.274 e. The zero-order valence-electron chi connectivity index (χ0n) is 11.6. The van der Waals surface area contributed by atoms with E-state index in [1.807, 2.05) is 11.0 Å². The first-order valence-electron chi connectivity index (χ1n) is 6.47. The lowest BCUT2D eigenvalue weighted by atomic mass is 9.92. The van der Waals surface area contributed by atoms with Crippen LogP contribution in [0.2, 0.25) is 0 Å². The lowest BCUT2D eigenvalue weighted by molar-refractivity contribution is 0.0649. The number of aromatic nitrogens is 2. The summed E-state index contributed by atoms with van der Waals surface area (Å²) in [5.74, 6) is 0.0238. The third kappa shape index (κ3) is 2.56. The van der Waals surface area contributed by atoms with E-state index in [0.29, 0.717) is 5.69 Å². The normalized spacial score (nSPS) is 21.1. The van der Waals surface area contributed by atoms with Gasteiger partial charge in [0.05, 0.1) is 0 Å². The highest BCUT2D eigenvalue weighted by Crippen LogP contribution is 2.21. The van der Waals surface area contributed by atoms with Crippen molar-refractivity contribution in [1.29, 1.82) is 0 Å². The molecular formula is C13H22N4O. The number of aromatic amines is 1. The Morgan fingerprint density at radius 2 is 2.22 bits per heavy atom. The van der Waals surface area contributed by atoms with Gasteiger partial charge in [-0.25, -0.2) is 0 Å². The topological polar surface area (TPSA) is 61.0 Å². The minimum absolute atomic E-state index is 0.0133. The molecular weight excluding hydrogens is 228 g/mol. The van der Waals surface area contributed by atoms with Crippen molar-refractivity contribution in [3.05, 3.63) is 17.5 Å². The van der Waals surface area contributed by atoms with E-state index in [1.54, 1.807) is 0 Å². The molecule has 1 aromatic heterocycles. The number of rotatable bonds is 1. The summed E-state index contributed by atoms with van der Waals surface area (Å²) in [5, 5.41) is 10.4. The average Bonchev–Trinajstić information content (AvgIpc) is 2.77. The molecule has 18 heavy (non-hydrogen) atoms. The second kappa shape index (κ2) is 4.72. The van der Waals surface area contributed by atoms with Crippen molar-refractivity contribution in [2.24, 2.45) is 0 Å². The van der Waals surface area contributed by atoms with Crippen LogP contribution in [0.25, 0.3) is 0 Å². The molecule has 0 aromatic carbocycles. The Balaban J connectivity index is 2.16. The first-order chi connectivity index (χ1) is 8.39. The van der Waals surface area contributed by atoms with Gasteiger partial charge in [0.15, 0.2) is 0 Å². The van der Waals surface area contributed by atoms with Crippen molar-refractivity contribution in [2.45, 2.75) is 39.2 Å². The SMILES string of the molecule is CC1CNCCN1C(=O)c1cc(C(C)(C)C)[nH]n1. The van der Waals surface area contributed by atoms with Crippen LogP contribution < -0.4 is 5.32 Å². The maximum absolute atomic E-state index is 12.4. The molecule has 0 aliphatic carbocycles. The van der Waals surface area contributed by atoms with Crippen molar-refractivity contribution >= 4 is 5.91 Å². The Morgan fingerprint density at radius 1 is 1.50 bits per heavy atom. The molecule has 0 spiro atoms. The van der Waals surface area contributed by atoms with E-state index in [2.05, 4.69) is 43.2 Å². The molecule has 1 unspecified atom stereocenters. The zero-order chi connectivity index (χ0) is 13.3. The van der Waals surface area contributed by atoms with Crippen LogP contribution in [0.1, 0.15) is 43.9 Å². The van der Waals surface area contributed by atoms with Gasteiger partial charge in [-0.2, -0.15) is 5.10 Å². The van der Waals surface area contributed by atoms with Crippen LogP contribution in [0.4, 0.5) is 0 Å². The monoisotopic (exact) mass is 250 g/mol. The number of hydrogen-bond donors (Lipinski definition) is 2. The molecule has 0 radical (unpaired) electrons. The molecule has 2 rings (SSSR count). The summed E-state index contributed by atoms with van der Waals surface area (Å²) in [4.78, 5) is 14.3. The van der Waals surface area contributed by atoms with E-state index in [9.17, 15) is 4.79 Å². The molecule has 1 aliphatic rings. The van der Waals surface area contributed by atoms with Crippen molar-refractivity contribution in [3.8, 4) is 0 Å². The minimum atomic E-state index is -0.0133. The fourth-order valence-corrected chi connectivity index (χ4v) is 2.11. The molecule has 100 valence electrons. The Hall–Kier alpha value is -1.36. The second-order valence-electron chi connectivity index (χ2n) is 5.97. The predicted octanol–water partition coefficient (Wildman–Crippen LogP) is 1.14. The molecule has 1 amide bonds. The molecule has 0 saturated carbocycles. The van der Waals surface area contributed by atoms with Gasteiger partial charge < -0.3 is 10.2 Å². The highest BCUT2D eigenvalue weighted by atomic mass is 16.2. The Kier molecular flexibility index (Phi) is 3.43. The van der Waals surface area contributed by atoms with Gasteiger partial charge in [-0.3, -0.25) is 9.89 Å². The third-order valence-corrected chi connectivity index (χ3v) is 3.37. The summed E-state index contributed by atoms with van der Waals surface area (Å²) < 4.78 is 0. The number of carbonyl (C=O) groups excluding carboxylic acids is 1. The quantitative estimate of drug-likeness (QED) is 0.786. The van der Waals surface area contributed by atoms with Crippen molar-refractivity contribution in [3.63, 3.8) is 0 Å². The van der Waals surface area contributed by atoms with E-state index < -0.39 is 0 Å². The van der Waals surface area contributed by atoms with E-state index in [1.165, 1.54) is 0 Å². The maximum atomic E-state index is 12.4. The highest BCUT2D eigenvalue weighted by Gasteiger charge is 2.27. The standard InChI is InChI=1S/C13H22N4O/c1-9-8-14-5-6-17(9)12(18)10-7-11(16-15-10)13(2,3)4/h7,9,14H,5-6,8H2,1-4H3,(H,15,16). The summed E-state index contributed by atoms with van der Waals surface area (Å²) in [6.45, 7) is 10.8. The maximum Gasteiger partial charge on any atom is 0.274 e. The van der Waals surface area contributed by atoms with Gasteiger partial charge in [-0.1, -0.05) is 20.8 Å². The van der Waals surface area contributed by atoms with Crippen molar-refractivity contribution in [1.82, 2.24) is 20.4 Å². The average molecular weight is 250 g/mol. The summed E-state index contributed by atoms with van der Waals surface area (Å²) in [6.07, 6.45) is 0. The Bertz CT molecular complexity index is 432. The number of nitrogens with one attached hydrogen (secondary N) is 2. The van der Waals surface area contributed by atoms with Crippen molar-refractivity contribution < 1.29 is 4.79 Å². The minimum Gasteiger partial charge on any atom is -0.332 e. The van der Waals surface area contributed by atoms with Gasteiger partial charge in [0.1, 0.15) is 5.69 Å². The van der Waals surface area contributed by atoms with Crippen LogP contribution in [-0.2, 0) is 5.41 Å². The number of carbonyl (C=O) groups is 1. The lowest BCUT2D eigenvalue weighted by Gasteiger charge is -2.33. The molecule has 1 aliphatic heterocycles. The Labute approximate surface area is 108 Å². The van der Waals surface area contributed by atoms with Gasteiger partial charge >= 0.3 is 0 Å². The first-order valence-corrected chi connectivity index (χ1v) is 6.47. The van der Waals surface area contributed by atoms with Crippen LogP contribution in [0.5, 0.6) is 0 Å². The molecule has 2 heterocycles. The van der Waals surface area contributed by atoms with E-state index in [-0.39, 0.29) is 17.4 Å². The predicted molar refractivity (Wildman–Crippen MR) is 70.7 cm³/mol. The van der Waals surface area contributed by atoms with Gasteiger partial charge in [0.25, 0.3) is 5.91 Å². The van der Waals surface area contributed by atoms with Crippen molar-refractivity contribution in [2.75, 3.05) is 19.6 Å². The van der Waals surface area contributed by atoms with E-state index in [4.69, 9.17) is 0 Å². The highest BCUT2D eigenvalue weighted by molar-refractivity contribution is 5.92. The van der Waals surface area contributed by atoms with Crippen LogP contribution >= 0.6 is 0 Å². The molecule has 5 nitrogen and oxygen atoms in total. The summed E-state index contributed by atoms with van der Waals surface area (Å²) in [6, 6.07) is 2.10. The first kappa shape index (κ1) is 13.1. The molecule has 0 bridgehead atoms. The molecule has 1 aromatic rings. The summed E-state index contributed by atoms with van der Waals surface area (Å²) in [7, 11) is 0. The van der Waals surface area contributed by atoms with Gasteiger partial charge in [-0.05, 0) is 13.0 Å². The molecule has 1 atom stereocenters. The fourth-order valence-electron chi connectivity index (χ4n) is 2.11. The van der Waals surface area contributed by atoms with Crippen LogP contribution in [0.3, 0.4) is 0 Å². The number of hydrogen-bond acceptors (Lipinski definition) is 3. The molecule has 1 fully saturated rings. The lowest BCUT2D eigenvalue weighted by Crippen LogP contribution is -2.52. The number of nitrogens with zero attached hydrogens (tertiary/aromatic N) is 2. The van der Waals surface area contributed by atoms with Crippen LogP contribution in [0, 0.1) is 0 Å². The van der Waals surface area contributed by atoms with Crippen LogP contribution in [-0.4, -0.2) is 46.7 Å². The van der Waals surface area contributed by atoms with Gasteiger partial charge in [-0.15, -0.1) is 0 Å². The molecule has 1 saturated heterocycles. The Morgan fingerprint density at radius 3 is 2.78 bits per heavy atom.